The van der Waals surface area contributed by atoms with Crippen LogP contribution in [-0.4, -0.2) is 13.2 Å². The maximum Gasteiger partial charge on any atom is 0.0937 e. The van der Waals surface area contributed by atoms with Gasteiger partial charge >= 0.3 is 0 Å². The highest BCUT2D eigenvalue weighted by atomic mass is 35.5. The summed E-state index contributed by atoms with van der Waals surface area (Å²) < 4.78 is 5.85. The zero-order valence-electron chi connectivity index (χ0n) is 5.71. The van der Waals surface area contributed by atoms with E-state index in [-0.39, 0.29) is 4.75 Å². The van der Waals surface area contributed by atoms with Gasteiger partial charge in [-0.3, -0.25) is 0 Å². The summed E-state index contributed by atoms with van der Waals surface area (Å²) in [5.41, 5.74) is 0. The third kappa shape index (κ3) is 1.31. The molecule has 0 atom stereocenters. The van der Waals surface area contributed by atoms with E-state index in [9.17, 15) is 0 Å². The number of halogens is 1. The standard InChI is InChI=1S/C7H7ClOS2/c8-6-2-1-5(11-6)7(10)3-9-4-7/h1-2,10H,3-4H2. The van der Waals surface area contributed by atoms with E-state index in [0.29, 0.717) is 13.2 Å². The molecule has 0 spiro atoms. The molecule has 1 aliphatic heterocycles. The summed E-state index contributed by atoms with van der Waals surface area (Å²) in [5, 5.41) is 0. The summed E-state index contributed by atoms with van der Waals surface area (Å²) in [6.45, 7) is 1.40. The Bertz CT molecular complexity index is 267. The van der Waals surface area contributed by atoms with Gasteiger partial charge in [0.2, 0.25) is 0 Å². The van der Waals surface area contributed by atoms with Gasteiger partial charge in [-0.05, 0) is 12.1 Å². The van der Waals surface area contributed by atoms with Crippen LogP contribution in [0.1, 0.15) is 4.88 Å². The first-order valence-electron chi connectivity index (χ1n) is 3.27. The molecule has 0 unspecified atom stereocenters. The molecule has 1 nitrogen and oxygen atoms in total. The largest absolute Gasteiger partial charge is 0.378 e. The minimum absolute atomic E-state index is 0.0577. The summed E-state index contributed by atoms with van der Waals surface area (Å²) in [7, 11) is 0. The minimum Gasteiger partial charge on any atom is -0.378 e. The lowest BCUT2D eigenvalue weighted by molar-refractivity contribution is -0.00810. The molecule has 11 heavy (non-hydrogen) atoms. The van der Waals surface area contributed by atoms with Crippen LogP contribution in [0.5, 0.6) is 0 Å². The Morgan fingerprint density at radius 1 is 1.55 bits per heavy atom. The van der Waals surface area contributed by atoms with Crippen molar-refractivity contribution in [3.8, 4) is 0 Å². The SMILES string of the molecule is SC1(c2ccc(Cl)s2)COC1. The first-order chi connectivity index (χ1) is 5.21. The number of rotatable bonds is 1. The predicted molar refractivity (Wildman–Crippen MR) is 50.8 cm³/mol. The molecule has 2 heterocycles. The van der Waals surface area contributed by atoms with Gasteiger partial charge in [0.05, 0.1) is 22.3 Å². The van der Waals surface area contributed by atoms with Crippen molar-refractivity contribution in [3.05, 3.63) is 21.3 Å². The first kappa shape index (κ1) is 7.92. The summed E-state index contributed by atoms with van der Waals surface area (Å²) in [6.07, 6.45) is 0. The van der Waals surface area contributed by atoms with Crippen LogP contribution in [0.2, 0.25) is 4.34 Å². The van der Waals surface area contributed by atoms with E-state index in [0.717, 1.165) is 4.34 Å². The van der Waals surface area contributed by atoms with Crippen molar-refractivity contribution < 1.29 is 4.74 Å². The third-order valence-corrected chi connectivity index (χ3v) is 3.80. The minimum atomic E-state index is -0.0577. The van der Waals surface area contributed by atoms with Gasteiger partial charge in [0.15, 0.2) is 0 Å². The lowest BCUT2D eigenvalue weighted by atomic mass is 10.1. The summed E-state index contributed by atoms with van der Waals surface area (Å²) in [6, 6.07) is 3.92. The van der Waals surface area contributed by atoms with E-state index in [1.807, 2.05) is 12.1 Å². The van der Waals surface area contributed by atoms with Gasteiger partial charge in [0.25, 0.3) is 0 Å². The Morgan fingerprint density at radius 3 is 2.64 bits per heavy atom. The van der Waals surface area contributed by atoms with Crippen LogP contribution in [0.4, 0.5) is 0 Å². The third-order valence-electron chi connectivity index (χ3n) is 1.71. The fourth-order valence-electron chi connectivity index (χ4n) is 1.00. The van der Waals surface area contributed by atoms with Crippen molar-refractivity contribution >= 4 is 35.6 Å². The zero-order chi connectivity index (χ0) is 7.90. The van der Waals surface area contributed by atoms with Crippen molar-refractivity contribution in [2.45, 2.75) is 4.75 Å². The first-order valence-corrected chi connectivity index (χ1v) is 4.91. The molecule has 0 aromatic carbocycles. The number of hydrogen-bond acceptors (Lipinski definition) is 3. The Kier molecular flexibility index (Phi) is 1.92. The second-order valence-electron chi connectivity index (χ2n) is 2.63. The molecule has 0 aliphatic carbocycles. The smallest absolute Gasteiger partial charge is 0.0937 e. The molecule has 0 amide bonds. The molecule has 0 bridgehead atoms. The topological polar surface area (TPSA) is 9.23 Å². The zero-order valence-corrected chi connectivity index (χ0v) is 8.18. The number of thiol groups is 1. The maximum absolute atomic E-state index is 5.79. The summed E-state index contributed by atoms with van der Waals surface area (Å²) >= 11 is 11.9. The Balaban J connectivity index is 2.28. The Morgan fingerprint density at radius 2 is 2.27 bits per heavy atom. The number of thiophene rings is 1. The van der Waals surface area contributed by atoms with E-state index in [1.54, 1.807) is 11.3 Å². The van der Waals surface area contributed by atoms with Gasteiger partial charge in [-0.1, -0.05) is 11.6 Å². The molecule has 1 aromatic rings. The van der Waals surface area contributed by atoms with Gasteiger partial charge in [-0.2, -0.15) is 12.6 Å². The van der Waals surface area contributed by atoms with Gasteiger partial charge < -0.3 is 4.74 Å². The van der Waals surface area contributed by atoms with E-state index < -0.39 is 0 Å². The second kappa shape index (κ2) is 2.66. The van der Waals surface area contributed by atoms with E-state index in [1.165, 1.54) is 4.88 Å². The average Bonchev–Trinajstić information content (AvgIpc) is 2.31. The van der Waals surface area contributed by atoms with Crippen molar-refractivity contribution in [2.75, 3.05) is 13.2 Å². The molecule has 1 aromatic heterocycles. The summed E-state index contributed by atoms with van der Waals surface area (Å²) in [4.78, 5) is 1.21. The predicted octanol–water partition coefficient (Wildman–Crippen LogP) is 2.56. The molecule has 1 fully saturated rings. The highest BCUT2D eigenvalue weighted by molar-refractivity contribution is 7.81. The molecule has 0 saturated carbocycles. The fourth-order valence-corrected chi connectivity index (χ4v) is 2.50. The second-order valence-corrected chi connectivity index (χ2v) is 5.20. The summed E-state index contributed by atoms with van der Waals surface area (Å²) in [5.74, 6) is 0. The normalized spacial score (nSPS) is 21.3. The van der Waals surface area contributed by atoms with Crippen LogP contribution in [-0.2, 0) is 9.48 Å². The molecule has 1 saturated heterocycles. The van der Waals surface area contributed by atoms with Crippen LogP contribution in [0.25, 0.3) is 0 Å². The van der Waals surface area contributed by atoms with Crippen LogP contribution in [0.15, 0.2) is 12.1 Å². The van der Waals surface area contributed by atoms with Gasteiger partial charge in [-0.25, -0.2) is 0 Å². The molecular formula is C7H7ClOS2. The molecule has 4 heteroatoms. The highest BCUT2D eigenvalue weighted by Crippen LogP contribution is 2.40. The van der Waals surface area contributed by atoms with Gasteiger partial charge in [0.1, 0.15) is 0 Å². The van der Waals surface area contributed by atoms with Crippen molar-refractivity contribution in [2.24, 2.45) is 0 Å². The average molecular weight is 207 g/mol. The van der Waals surface area contributed by atoms with Crippen molar-refractivity contribution in [1.29, 1.82) is 0 Å². The molecular weight excluding hydrogens is 200 g/mol. The quantitative estimate of drug-likeness (QED) is 0.695. The molecule has 1 aliphatic rings. The van der Waals surface area contributed by atoms with Gasteiger partial charge in [-0.15, -0.1) is 11.3 Å². The lowest BCUT2D eigenvalue weighted by Crippen LogP contribution is -2.40. The lowest BCUT2D eigenvalue weighted by Gasteiger charge is -2.35. The van der Waals surface area contributed by atoms with Crippen molar-refractivity contribution in [1.82, 2.24) is 0 Å². The molecule has 0 N–H and O–H groups in total. The van der Waals surface area contributed by atoms with Gasteiger partial charge in [0, 0.05) is 4.88 Å². The Labute approximate surface area is 79.7 Å². The number of hydrogen-bond donors (Lipinski definition) is 1. The van der Waals surface area contributed by atoms with E-state index >= 15 is 0 Å². The highest BCUT2D eigenvalue weighted by Gasteiger charge is 2.37. The molecule has 60 valence electrons. The van der Waals surface area contributed by atoms with Crippen LogP contribution < -0.4 is 0 Å². The van der Waals surface area contributed by atoms with Crippen LogP contribution in [0, 0.1) is 0 Å². The van der Waals surface area contributed by atoms with E-state index in [2.05, 4.69) is 12.6 Å². The monoisotopic (exact) mass is 206 g/mol. The van der Waals surface area contributed by atoms with Crippen LogP contribution in [0.3, 0.4) is 0 Å². The number of ether oxygens (including phenoxy) is 1. The Hall–Kier alpha value is 0.300. The maximum atomic E-state index is 5.79. The molecule has 0 radical (unpaired) electrons. The van der Waals surface area contributed by atoms with Crippen molar-refractivity contribution in [3.63, 3.8) is 0 Å². The molecule has 2 rings (SSSR count). The van der Waals surface area contributed by atoms with E-state index in [4.69, 9.17) is 16.3 Å². The fraction of sp³-hybridized carbons (Fsp3) is 0.429. The van der Waals surface area contributed by atoms with Crippen LogP contribution >= 0.6 is 35.6 Å².